The minimum atomic E-state index is 0. The molecule has 0 radical (unpaired) electrons. The molecule has 0 aromatic carbocycles. The zero-order chi connectivity index (χ0) is 6.97. The fourth-order valence-electron chi connectivity index (χ4n) is 1.25. The van der Waals surface area contributed by atoms with Gasteiger partial charge in [0.15, 0.2) is 0 Å². The highest BCUT2D eigenvalue weighted by Crippen LogP contribution is 2.20. The maximum absolute atomic E-state index is 4.43. The van der Waals surface area contributed by atoms with Crippen LogP contribution in [0.2, 0.25) is 0 Å². The molecule has 1 aromatic heterocycles. The van der Waals surface area contributed by atoms with E-state index in [1.54, 1.807) is 0 Å². The first-order chi connectivity index (χ1) is 4.86. The minimum absolute atomic E-state index is 0. The van der Waals surface area contributed by atoms with Crippen molar-refractivity contribution >= 4 is 36.2 Å². The van der Waals surface area contributed by atoms with Gasteiger partial charge in [-0.1, -0.05) is 0 Å². The van der Waals surface area contributed by atoms with Crippen molar-refractivity contribution in [2.75, 3.05) is 6.54 Å². The largest absolute Gasteiger partial charge is 0.311 e. The number of thiazole rings is 1. The molecular weight excluding hydrogens is 215 g/mol. The fraction of sp³-hybridized carbons (Fsp3) is 0.571. The first-order valence-electron chi connectivity index (χ1n) is 3.52. The van der Waals surface area contributed by atoms with Crippen LogP contribution < -0.4 is 5.32 Å². The number of halogens is 2. The quantitative estimate of drug-likeness (QED) is 0.732. The molecule has 1 N–H and O–H groups in total. The van der Waals surface area contributed by atoms with Gasteiger partial charge in [0.25, 0.3) is 0 Å². The van der Waals surface area contributed by atoms with Crippen LogP contribution >= 0.6 is 36.2 Å². The average molecular weight is 227 g/mol. The number of fused-ring (bicyclic) bond motifs is 1. The van der Waals surface area contributed by atoms with Gasteiger partial charge in [-0.2, -0.15) is 0 Å². The summed E-state index contributed by atoms with van der Waals surface area (Å²) < 4.78 is 0. The molecule has 0 bridgehead atoms. The van der Waals surface area contributed by atoms with E-state index in [2.05, 4.69) is 17.2 Å². The molecule has 1 aromatic rings. The first-order valence-corrected chi connectivity index (χ1v) is 4.34. The zero-order valence-electron chi connectivity index (χ0n) is 6.79. The lowest BCUT2D eigenvalue weighted by Gasteiger charge is -2.09. The van der Waals surface area contributed by atoms with Crippen LogP contribution in [0.5, 0.6) is 0 Å². The lowest BCUT2D eigenvalue weighted by molar-refractivity contribution is 0.643. The molecule has 0 spiro atoms. The van der Waals surface area contributed by atoms with Crippen LogP contribution in [-0.4, -0.2) is 11.5 Å². The van der Waals surface area contributed by atoms with Crippen LogP contribution in [0.3, 0.4) is 0 Å². The van der Waals surface area contributed by atoms with Crippen molar-refractivity contribution in [3.8, 4) is 0 Å². The van der Waals surface area contributed by atoms with E-state index in [0.29, 0.717) is 0 Å². The van der Waals surface area contributed by atoms with E-state index in [9.17, 15) is 0 Å². The Hall–Kier alpha value is 0.170. The molecule has 0 fully saturated rings. The normalized spacial score (nSPS) is 14.1. The van der Waals surface area contributed by atoms with Crippen molar-refractivity contribution in [2.24, 2.45) is 0 Å². The van der Waals surface area contributed by atoms with E-state index in [1.165, 1.54) is 15.6 Å². The van der Waals surface area contributed by atoms with E-state index < -0.39 is 0 Å². The summed E-state index contributed by atoms with van der Waals surface area (Å²) in [6, 6.07) is 0. The lowest BCUT2D eigenvalue weighted by atomic mass is 10.2. The van der Waals surface area contributed by atoms with Gasteiger partial charge in [0, 0.05) is 24.4 Å². The predicted molar refractivity (Wildman–Crippen MR) is 56.8 cm³/mol. The molecule has 0 saturated heterocycles. The molecule has 70 valence electrons. The molecule has 12 heavy (non-hydrogen) atoms. The van der Waals surface area contributed by atoms with E-state index >= 15 is 0 Å². The topological polar surface area (TPSA) is 24.9 Å². The molecule has 0 atom stereocenters. The van der Waals surface area contributed by atoms with E-state index in [4.69, 9.17) is 0 Å². The van der Waals surface area contributed by atoms with Crippen molar-refractivity contribution in [3.63, 3.8) is 0 Å². The monoisotopic (exact) mass is 226 g/mol. The van der Waals surface area contributed by atoms with Crippen LogP contribution in [-0.2, 0) is 13.0 Å². The second-order valence-electron chi connectivity index (χ2n) is 2.53. The summed E-state index contributed by atoms with van der Waals surface area (Å²) in [5.74, 6) is 0. The number of hydrogen-bond donors (Lipinski definition) is 1. The number of aromatic nitrogens is 1. The Morgan fingerprint density at radius 1 is 1.42 bits per heavy atom. The number of nitrogens with one attached hydrogen (secondary N) is 1. The van der Waals surface area contributed by atoms with Gasteiger partial charge in [-0.15, -0.1) is 36.2 Å². The number of nitrogens with zero attached hydrogens (tertiary/aromatic N) is 1. The molecular formula is C7H12Cl2N2S. The Labute approximate surface area is 88.6 Å². The molecule has 2 rings (SSSR count). The maximum atomic E-state index is 4.43. The third-order valence-corrected chi connectivity index (χ3v) is 2.72. The predicted octanol–water partition coefficient (Wildman–Crippen LogP) is 1.94. The summed E-state index contributed by atoms with van der Waals surface area (Å²) in [4.78, 5) is 5.86. The van der Waals surface area contributed by atoms with Gasteiger partial charge < -0.3 is 5.32 Å². The van der Waals surface area contributed by atoms with E-state index in [-0.39, 0.29) is 24.8 Å². The number of aryl methyl sites for hydroxylation is 1. The van der Waals surface area contributed by atoms with Gasteiger partial charge in [-0.05, 0) is 6.92 Å². The van der Waals surface area contributed by atoms with Crippen LogP contribution in [0.4, 0.5) is 0 Å². The van der Waals surface area contributed by atoms with Crippen LogP contribution in [0.25, 0.3) is 0 Å². The van der Waals surface area contributed by atoms with Gasteiger partial charge in [-0.3, -0.25) is 0 Å². The standard InChI is InChI=1S/C7H10N2S.2ClH/c1-5-9-6-2-3-8-4-7(6)10-5;;/h8H,2-4H2,1H3;2*1H. The molecule has 2 heterocycles. The highest BCUT2D eigenvalue weighted by atomic mass is 35.5. The van der Waals surface area contributed by atoms with Crippen LogP contribution in [0, 0.1) is 6.92 Å². The van der Waals surface area contributed by atoms with Crippen LogP contribution in [0.1, 0.15) is 15.6 Å². The average Bonchev–Trinajstić information content (AvgIpc) is 2.27. The Morgan fingerprint density at radius 3 is 2.83 bits per heavy atom. The smallest absolute Gasteiger partial charge is 0.0900 e. The van der Waals surface area contributed by atoms with Gasteiger partial charge in [0.2, 0.25) is 0 Å². The number of rotatable bonds is 0. The van der Waals surface area contributed by atoms with Gasteiger partial charge in [-0.25, -0.2) is 4.98 Å². The summed E-state index contributed by atoms with van der Waals surface area (Å²) in [7, 11) is 0. The molecule has 2 nitrogen and oxygen atoms in total. The SMILES string of the molecule is Cc1nc2c(s1)CNCC2.Cl.Cl. The summed E-state index contributed by atoms with van der Waals surface area (Å²) >= 11 is 1.82. The third kappa shape index (κ3) is 2.33. The summed E-state index contributed by atoms with van der Waals surface area (Å²) in [6.45, 7) is 4.19. The van der Waals surface area contributed by atoms with Crippen molar-refractivity contribution in [1.29, 1.82) is 0 Å². The Kier molecular flexibility index (Phi) is 5.09. The Morgan fingerprint density at radius 2 is 2.17 bits per heavy atom. The molecule has 1 aliphatic heterocycles. The fourth-order valence-corrected chi connectivity index (χ4v) is 2.21. The molecule has 0 unspecified atom stereocenters. The second-order valence-corrected chi connectivity index (χ2v) is 3.82. The molecule has 0 saturated carbocycles. The van der Waals surface area contributed by atoms with Crippen molar-refractivity contribution < 1.29 is 0 Å². The van der Waals surface area contributed by atoms with Crippen LogP contribution in [0.15, 0.2) is 0 Å². The molecule has 0 amide bonds. The Bertz CT molecular complexity index is 226. The minimum Gasteiger partial charge on any atom is -0.311 e. The maximum Gasteiger partial charge on any atom is 0.0900 e. The van der Waals surface area contributed by atoms with Crippen molar-refractivity contribution in [2.45, 2.75) is 19.9 Å². The second kappa shape index (κ2) is 5.02. The van der Waals surface area contributed by atoms with Crippen molar-refractivity contribution in [1.82, 2.24) is 10.3 Å². The first kappa shape index (κ1) is 12.2. The lowest BCUT2D eigenvalue weighted by Crippen LogP contribution is -2.22. The van der Waals surface area contributed by atoms with E-state index in [1.807, 2.05) is 11.3 Å². The van der Waals surface area contributed by atoms with Crippen molar-refractivity contribution in [3.05, 3.63) is 15.6 Å². The molecule has 0 aliphatic carbocycles. The van der Waals surface area contributed by atoms with Gasteiger partial charge >= 0.3 is 0 Å². The highest BCUT2D eigenvalue weighted by Gasteiger charge is 2.11. The summed E-state index contributed by atoms with van der Waals surface area (Å²) in [5, 5.41) is 4.53. The van der Waals surface area contributed by atoms with E-state index in [0.717, 1.165) is 19.5 Å². The Balaban J connectivity index is 0.000000605. The third-order valence-electron chi connectivity index (χ3n) is 1.71. The van der Waals surface area contributed by atoms with Gasteiger partial charge in [0.1, 0.15) is 0 Å². The molecule has 5 heteroatoms. The summed E-state index contributed by atoms with van der Waals surface area (Å²) in [5.41, 5.74) is 1.32. The summed E-state index contributed by atoms with van der Waals surface area (Å²) in [6.07, 6.45) is 1.11. The highest BCUT2D eigenvalue weighted by molar-refractivity contribution is 7.11. The van der Waals surface area contributed by atoms with Gasteiger partial charge in [0.05, 0.1) is 10.7 Å². The molecule has 1 aliphatic rings. The zero-order valence-corrected chi connectivity index (χ0v) is 9.24. The number of hydrogen-bond acceptors (Lipinski definition) is 3.